The van der Waals surface area contributed by atoms with Gasteiger partial charge in [0.15, 0.2) is 5.78 Å². The lowest BCUT2D eigenvalue weighted by Crippen LogP contribution is -2.06. The smallest absolute Gasteiger partial charge is 0.168 e. The highest BCUT2D eigenvalue weighted by Gasteiger charge is 2.16. The fourth-order valence-electron chi connectivity index (χ4n) is 2.32. The van der Waals surface area contributed by atoms with Crippen molar-refractivity contribution in [1.82, 2.24) is 4.98 Å². The standard InChI is InChI=1S/C16H15NO2/c1-11-3-2-7-17-14(11)10-15(18)12-4-5-16-13(9-12)6-8-19-16/h2-5,7,9H,6,8,10H2,1H3. The van der Waals surface area contributed by atoms with Gasteiger partial charge in [-0.1, -0.05) is 6.07 Å². The van der Waals surface area contributed by atoms with Gasteiger partial charge in [0.2, 0.25) is 0 Å². The van der Waals surface area contributed by atoms with Crippen LogP contribution in [0.5, 0.6) is 5.75 Å². The minimum Gasteiger partial charge on any atom is -0.493 e. The number of carbonyl (C=O) groups is 1. The molecule has 0 spiro atoms. The number of ketones is 1. The molecule has 3 heteroatoms. The SMILES string of the molecule is Cc1cccnc1CC(=O)c1ccc2c(c1)CCO2. The second kappa shape index (κ2) is 4.84. The largest absolute Gasteiger partial charge is 0.493 e. The van der Waals surface area contributed by atoms with Crippen molar-refractivity contribution in [2.45, 2.75) is 19.8 Å². The van der Waals surface area contributed by atoms with Gasteiger partial charge in [-0.05, 0) is 42.3 Å². The molecule has 0 radical (unpaired) electrons. The van der Waals surface area contributed by atoms with Crippen molar-refractivity contribution in [3.63, 3.8) is 0 Å². The number of Topliss-reactive ketones (excluding diaryl/α,β-unsaturated/α-hetero) is 1. The van der Waals surface area contributed by atoms with Crippen molar-refractivity contribution in [2.24, 2.45) is 0 Å². The molecule has 96 valence electrons. The Kier molecular flexibility index (Phi) is 3.03. The molecule has 19 heavy (non-hydrogen) atoms. The third-order valence-electron chi connectivity index (χ3n) is 3.46. The molecular weight excluding hydrogens is 238 g/mol. The van der Waals surface area contributed by atoms with Crippen LogP contribution in [0.3, 0.4) is 0 Å². The van der Waals surface area contributed by atoms with E-state index in [1.807, 2.05) is 37.3 Å². The zero-order chi connectivity index (χ0) is 13.2. The van der Waals surface area contributed by atoms with E-state index in [4.69, 9.17) is 4.74 Å². The van der Waals surface area contributed by atoms with Crippen LogP contribution >= 0.6 is 0 Å². The minimum atomic E-state index is 0.108. The van der Waals surface area contributed by atoms with Crippen LogP contribution in [0, 0.1) is 6.92 Å². The molecule has 0 amide bonds. The first-order valence-electron chi connectivity index (χ1n) is 6.43. The average molecular weight is 253 g/mol. The van der Waals surface area contributed by atoms with Crippen molar-refractivity contribution in [1.29, 1.82) is 0 Å². The second-order valence-electron chi connectivity index (χ2n) is 4.79. The summed E-state index contributed by atoms with van der Waals surface area (Å²) in [6, 6.07) is 9.54. The summed E-state index contributed by atoms with van der Waals surface area (Å²) in [5.41, 5.74) is 3.78. The molecule has 1 aromatic carbocycles. The molecule has 0 fully saturated rings. The predicted octanol–water partition coefficient (Wildman–Crippen LogP) is 2.75. The highest BCUT2D eigenvalue weighted by atomic mass is 16.5. The average Bonchev–Trinajstić information content (AvgIpc) is 2.88. The number of benzene rings is 1. The Morgan fingerprint density at radius 1 is 1.37 bits per heavy atom. The van der Waals surface area contributed by atoms with Crippen molar-refractivity contribution in [2.75, 3.05) is 6.61 Å². The maximum atomic E-state index is 12.3. The van der Waals surface area contributed by atoms with E-state index in [0.717, 1.165) is 34.6 Å². The molecule has 2 heterocycles. The molecule has 1 aliphatic heterocycles. The van der Waals surface area contributed by atoms with Crippen LogP contribution in [0.1, 0.15) is 27.2 Å². The Bertz CT molecular complexity index is 634. The van der Waals surface area contributed by atoms with E-state index >= 15 is 0 Å². The zero-order valence-corrected chi connectivity index (χ0v) is 10.8. The lowest BCUT2D eigenvalue weighted by atomic mass is 10.0. The summed E-state index contributed by atoms with van der Waals surface area (Å²) in [6.07, 6.45) is 2.97. The fraction of sp³-hybridized carbons (Fsp3) is 0.250. The molecule has 0 atom stereocenters. The highest BCUT2D eigenvalue weighted by molar-refractivity contribution is 5.97. The summed E-state index contributed by atoms with van der Waals surface area (Å²) in [5.74, 6) is 1.02. The van der Waals surface area contributed by atoms with Gasteiger partial charge in [-0.25, -0.2) is 0 Å². The van der Waals surface area contributed by atoms with Gasteiger partial charge in [-0.3, -0.25) is 9.78 Å². The Morgan fingerprint density at radius 3 is 3.11 bits per heavy atom. The number of carbonyl (C=O) groups excluding carboxylic acids is 1. The van der Waals surface area contributed by atoms with Crippen molar-refractivity contribution >= 4 is 5.78 Å². The number of aryl methyl sites for hydroxylation is 1. The Hall–Kier alpha value is -2.16. The quantitative estimate of drug-likeness (QED) is 0.789. The number of hydrogen-bond donors (Lipinski definition) is 0. The van der Waals surface area contributed by atoms with Crippen molar-refractivity contribution < 1.29 is 9.53 Å². The third-order valence-corrected chi connectivity index (χ3v) is 3.46. The van der Waals surface area contributed by atoms with Gasteiger partial charge < -0.3 is 4.74 Å². The molecule has 1 aliphatic rings. The van der Waals surface area contributed by atoms with E-state index in [2.05, 4.69) is 4.98 Å². The summed E-state index contributed by atoms with van der Waals surface area (Å²) in [7, 11) is 0. The molecule has 0 saturated heterocycles. The van der Waals surface area contributed by atoms with Crippen LogP contribution < -0.4 is 4.74 Å². The van der Waals surface area contributed by atoms with Crippen LogP contribution in [0.15, 0.2) is 36.5 Å². The van der Waals surface area contributed by atoms with Crippen LogP contribution in [-0.4, -0.2) is 17.4 Å². The van der Waals surface area contributed by atoms with E-state index in [1.54, 1.807) is 6.20 Å². The zero-order valence-electron chi connectivity index (χ0n) is 10.8. The first kappa shape index (κ1) is 11.9. The highest BCUT2D eigenvalue weighted by Crippen LogP contribution is 2.26. The topological polar surface area (TPSA) is 39.2 Å². The van der Waals surface area contributed by atoms with Crippen LogP contribution in [-0.2, 0) is 12.8 Å². The predicted molar refractivity (Wildman–Crippen MR) is 72.6 cm³/mol. The summed E-state index contributed by atoms with van der Waals surface area (Å²) in [5, 5.41) is 0. The van der Waals surface area contributed by atoms with E-state index in [-0.39, 0.29) is 5.78 Å². The molecule has 2 aromatic rings. The van der Waals surface area contributed by atoms with Crippen molar-refractivity contribution in [3.8, 4) is 5.75 Å². The second-order valence-corrected chi connectivity index (χ2v) is 4.79. The summed E-state index contributed by atoms with van der Waals surface area (Å²) >= 11 is 0. The number of hydrogen-bond acceptors (Lipinski definition) is 3. The van der Waals surface area contributed by atoms with E-state index in [0.29, 0.717) is 13.0 Å². The molecule has 0 aliphatic carbocycles. The minimum absolute atomic E-state index is 0.108. The normalized spacial score (nSPS) is 12.9. The summed E-state index contributed by atoms with van der Waals surface area (Å²) in [6.45, 7) is 2.69. The van der Waals surface area contributed by atoms with Crippen LogP contribution in [0.25, 0.3) is 0 Å². The molecule has 0 unspecified atom stereocenters. The van der Waals surface area contributed by atoms with E-state index in [9.17, 15) is 4.79 Å². The van der Waals surface area contributed by atoms with Crippen LogP contribution in [0.2, 0.25) is 0 Å². The molecule has 3 rings (SSSR count). The molecule has 1 aromatic heterocycles. The third kappa shape index (κ3) is 2.36. The van der Waals surface area contributed by atoms with E-state index in [1.165, 1.54) is 0 Å². The van der Waals surface area contributed by atoms with Crippen LogP contribution in [0.4, 0.5) is 0 Å². The summed E-state index contributed by atoms with van der Waals surface area (Å²) in [4.78, 5) is 16.6. The van der Waals surface area contributed by atoms with Gasteiger partial charge in [0, 0.05) is 18.2 Å². The molecule has 0 bridgehead atoms. The molecule has 3 nitrogen and oxygen atoms in total. The maximum absolute atomic E-state index is 12.3. The number of fused-ring (bicyclic) bond motifs is 1. The van der Waals surface area contributed by atoms with Gasteiger partial charge in [0.1, 0.15) is 5.75 Å². The van der Waals surface area contributed by atoms with Gasteiger partial charge in [-0.2, -0.15) is 0 Å². The molecule has 0 saturated carbocycles. The Morgan fingerprint density at radius 2 is 2.26 bits per heavy atom. The number of aromatic nitrogens is 1. The lowest BCUT2D eigenvalue weighted by Gasteiger charge is -2.05. The van der Waals surface area contributed by atoms with E-state index < -0.39 is 0 Å². The first-order valence-corrected chi connectivity index (χ1v) is 6.43. The van der Waals surface area contributed by atoms with Gasteiger partial charge >= 0.3 is 0 Å². The number of ether oxygens (including phenoxy) is 1. The number of nitrogens with zero attached hydrogens (tertiary/aromatic N) is 1. The fourth-order valence-corrected chi connectivity index (χ4v) is 2.32. The van der Waals surface area contributed by atoms with Gasteiger partial charge in [-0.15, -0.1) is 0 Å². The monoisotopic (exact) mass is 253 g/mol. The maximum Gasteiger partial charge on any atom is 0.168 e. The number of rotatable bonds is 3. The lowest BCUT2D eigenvalue weighted by molar-refractivity contribution is 0.0991. The molecular formula is C16H15NO2. The summed E-state index contributed by atoms with van der Waals surface area (Å²) < 4.78 is 5.45. The van der Waals surface area contributed by atoms with Gasteiger partial charge in [0.25, 0.3) is 0 Å². The number of pyridine rings is 1. The first-order chi connectivity index (χ1) is 9.24. The molecule has 0 N–H and O–H groups in total. The van der Waals surface area contributed by atoms with Gasteiger partial charge in [0.05, 0.1) is 18.7 Å². The van der Waals surface area contributed by atoms with Crippen molar-refractivity contribution in [3.05, 3.63) is 58.9 Å². The Labute approximate surface area is 112 Å². The Balaban J connectivity index is 1.83.